The summed E-state index contributed by atoms with van der Waals surface area (Å²) in [7, 11) is 1.73. The molecule has 0 saturated carbocycles. The molecule has 0 unspecified atom stereocenters. The molecule has 0 fully saturated rings. The third-order valence-corrected chi connectivity index (χ3v) is 2.43. The minimum atomic E-state index is 0.290. The fourth-order valence-electron chi connectivity index (χ4n) is 1.51. The van der Waals surface area contributed by atoms with Crippen LogP contribution in [0.1, 0.15) is 27.2 Å². The predicted octanol–water partition coefficient (Wildman–Crippen LogP) is 1.24. The van der Waals surface area contributed by atoms with E-state index in [-0.39, 0.29) is 0 Å². The summed E-state index contributed by atoms with van der Waals surface area (Å²) in [5, 5.41) is 6.23. The summed E-state index contributed by atoms with van der Waals surface area (Å²) in [6.45, 7) is 8.44. The van der Waals surface area contributed by atoms with E-state index in [1.807, 2.05) is 6.92 Å². The van der Waals surface area contributed by atoms with E-state index >= 15 is 0 Å². The highest BCUT2D eigenvalue weighted by molar-refractivity contribution is 5.79. The van der Waals surface area contributed by atoms with Crippen LogP contribution in [0.4, 0.5) is 0 Å². The van der Waals surface area contributed by atoms with E-state index in [4.69, 9.17) is 11.2 Å². The van der Waals surface area contributed by atoms with Gasteiger partial charge in [-0.15, -0.1) is 6.42 Å². The van der Waals surface area contributed by atoms with Gasteiger partial charge in [-0.25, -0.2) is 0 Å². The van der Waals surface area contributed by atoms with Crippen LogP contribution in [0.3, 0.4) is 0 Å². The Morgan fingerprint density at radius 1 is 1.41 bits per heavy atom. The number of ether oxygens (including phenoxy) is 1. The molecule has 98 valence electrons. The maximum Gasteiger partial charge on any atom is 0.191 e. The van der Waals surface area contributed by atoms with E-state index in [0.717, 1.165) is 25.5 Å². The highest BCUT2D eigenvalue weighted by Crippen LogP contribution is 2.09. The quantitative estimate of drug-likeness (QED) is 0.399. The van der Waals surface area contributed by atoms with Crippen LogP contribution < -0.4 is 10.6 Å². The summed E-state index contributed by atoms with van der Waals surface area (Å²) < 4.78 is 5.67. The number of rotatable bonds is 7. The van der Waals surface area contributed by atoms with Gasteiger partial charge in [0.15, 0.2) is 5.96 Å². The van der Waals surface area contributed by atoms with Crippen LogP contribution in [0.5, 0.6) is 0 Å². The summed E-state index contributed by atoms with van der Waals surface area (Å²) in [4.78, 5) is 4.07. The van der Waals surface area contributed by atoms with Crippen molar-refractivity contribution in [3.63, 3.8) is 0 Å². The van der Waals surface area contributed by atoms with Gasteiger partial charge in [0.2, 0.25) is 0 Å². The molecule has 17 heavy (non-hydrogen) atoms. The Hall–Kier alpha value is -1.21. The number of aliphatic imine (C=N–C) groups is 1. The van der Waals surface area contributed by atoms with Crippen LogP contribution in [0.15, 0.2) is 4.99 Å². The van der Waals surface area contributed by atoms with E-state index in [0.29, 0.717) is 18.6 Å². The minimum Gasteiger partial charge on any atom is -0.378 e. The molecule has 0 aliphatic rings. The van der Waals surface area contributed by atoms with Crippen molar-refractivity contribution in [2.75, 3.05) is 26.7 Å². The molecule has 0 aliphatic heterocycles. The number of hydrogen-bond donors (Lipinski definition) is 2. The van der Waals surface area contributed by atoms with Gasteiger partial charge in [0.1, 0.15) is 0 Å². The fraction of sp³-hybridized carbons (Fsp3) is 0.769. The topological polar surface area (TPSA) is 45.7 Å². The Kier molecular flexibility index (Phi) is 9.27. The third kappa shape index (κ3) is 7.64. The first kappa shape index (κ1) is 15.8. The van der Waals surface area contributed by atoms with Gasteiger partial charge >= 0.3 is 0 Å². The molecule has 0 bridgehead atoms. The Balaban J connectivity index is 3.90. The lowest BCUT2D eigenvalue weighted by atomic mass is 10.0. The third-order valence-electron chi connectivity index (χ3n) is 2.43. The lowest BCUT2D eigenvalue weighted by Gasteiger charge is -2.21. The van der Waals surface area contributed by atoms with Crippen molar-refractivity contribution >= 4 is 5.96 Å². The second-order valence-corrected chi connectivity index (χ2v) is 4.08. The Morgan fingerprint density at radius 2 is 2.12 bits per heavy atom. The van der Waals surface area contributed by atoms with Crippen LogP contribution in [-0.4, -0.2) is 38.8 Å². The lowest BCUT2D eigenvalue weighted by Crippen LogP contribution is -2.39. The van der Waals surface area contributed by atoms with Crippen molar-refractivity contribution in [2.24, 2.45) is 10.9 Å². The molecular weight excluding hydrogens is 214 g/mol. The zero-order valence-electron chi connectivity index (χ0n) is 11.4. The Bertz CT molecular complexity index is 256. The maximum atomic E-state index is 5.67. The molecular formula is C13H25N3O. The van der Waals surface area contributed by atoms with Crippen molar-refractivity contribution < 1.29 is 4.74 Å². The molecule has 0 spiro atoms. The molecule has 0 radical (unpaired) electrons. The van der Waals surface area contributed by atoms with Crippen molar-refractivity contribution in [2.45, 2.75) is 33.3 Å². The molecule has 0 saturated heterocycles. The molecule has 0 aliphatic carbocycles. The Labute approximate surface area is 105 Å². The highest BCUT2D eigenvalue weighted by Gasteiger charge is 2.12. The maximum absolute atomic E-state index is 5.67. The monoisotopic (exact) mass is 239 g/mol. The number of nitrogens with zero attached hydrogens (tertiary/aromatic N) is 1. The molecule has 0 aromatic carbocycles. The van der Waals surface area contributed by atoms with Gasteiger partial charge in [0.25, 0.3) is 0 Å². The van der Waals surface area contributed by atoms with Crippen LogP contribution >= 0.6 is 0 Å². The lowest BCUT2D eigenvalue weighted by molar-refractivity contribution is 0.0258. The van der Waals surface area contributed by atoms with E-state index in [9.17, 15) is 0 Å². The van der Waals surface area contributed by atoms with Crippen molar-refractivity contribution in [3.05, 3.63) is 0 Å². The van der Waals surface area contributed by atoms with Crippen molar-refractivity contribution in [3.8, 4) is 12.3 Å². The van der Waals surface area contributed by atoms with Gasteiger partial charge in [0.05, 0.1) is 12.6 Å². The van der Waals surface area contributed by atoms with Gasteiger partial charge < -0.3 is 15.4 Å². The van der Waals surface area contributed by atoms with Crippen molar-refractivity contribution in [1.29, 1.82) is 0 Å². The van der Waals surface area contributed by atoms with E-state index in [2.05, 4.69) is 35.4 Å². The molecule has 4 nitrogen and oxygen atoms in total. The second kappa shape index (κ2) is 9.98. The molecule has 0 heterocycles. The first-order valence-corrected chi connectivity index (χ1v) is 6.15. The van der Waals surface area contributed by atoms with Gasteiger partial charge in [-0.05, 0) is 19.3 Å². The smallest absolute Gasteiger partial charge is 0.191 e. The van der Waals surface area contributed by atoms with Crippen LogP contribution in [-0.2, 0) is 4.74 Å². The second-order valence-electron chi connectivity index (χ2n) is 4.08. The summed E-state index contributed by atoms with van der Waals surface area (Å²) >= 11 is 0. The SMILES string of the molecule is C#CCNC(=NC)NCC[C@@H](OCC)C(C)C. The highest BCUT2D eigenvalue weighted by atomic mass is 16.5. The zero-order chi connectivity index (χ0) is 13.1. The van der Waals surface area contributed by atoms with Crippen LogP contribution in [0.2, 0.25) is 0 Å². The molecule has 2 N–H and O–H groups in total. The first-order chi connectivity index (χ1) is 8.15. The summed E-state index contributed by atoms with van der Waals surface area (Å²) in [6, 6.07) is 0. The zero-order valence-corrected chi connectivity index (χ0v) is 11.4. The number of guanidine groups is 1. The minimum absolute atomic E-state index is 0.290. The van der Waals surface area contributed by atoms with Gasteiger partial charge in [0, 0.05) is 20.2 Å². The summed E-state index contributed by atoms with van der Waals surface area (Å²) in [5.74, 6) is 3.78. The van der Waals surface area contributed by atoms with Gasteiger partial charge in [-0.1, -0.05) is 19.8 Å². The molecule has 0 aromatic heterocycles. The molecule has 0 rings (SSSR count). The van der Waals surface area contributed by atoms with Crippen LogP contribution in [0.25, 0.3) is 0 Å². The van der Waals surface area contributed by atoms with Gasteiger partial charge in [-0.3, -0.25) is 4.99 Å². The van der Waals surface area contributed by atoms with E-state index in [1.165, 1.54) is 0 Å². The number of hydrogen-bond acceptors (Lipinski definition) is 2. The standard InChI is InChI=1S/C13H25N3O/c1-6-9-15-13(14-5)16-10-8-12(11(3)4)17-7-2/h1,11-12H,7-10H2,2-5H3,(H2,14,15,16)/t12-/m1/s1. The van der Waals surface area contributed by atoms with E-state index in [1.54, 1.807) is 7.05 Å². The van der Waals surface area contributed by atoms with Crippen LogP contribution in [0, 0.1) is 18.3 Å². The molecule has 1 atom stereocenters. The largest absolute Gasteiger partial charge is 0.378 e. The predicted molar refractivity (Wildman–Crippen MR) is 73.1 cm³/mol. The average molecular weight is 239 g/mol. The number of terminal acetylenes is 1. The number of nitrogens with one attached hydrogen (secondary N) is 2. The summed E-state index contributed by atoms with van der Waals surface area (Å²) in [6.07, 6.45) is 6.42. The molecule has 4 heteroatoms. The fourth-order valence-corrected chi connectivity index (χ4v) is 1.51. The average Bonchev–Trinajstić information content (AvgIpc) is 2.31. The molecule has 0 aromatic rings. The normalized spacial score (nSPS) is 13.3. The molecule has 0 amide bonds. The Morgan fingerprint density at radius 3 is 2.59 bits per heavy atom. The first-order valence-electron chi connectivity index (χ1n) is 6.15. The summed E-state index contributed by atoms with van der Waals surface area (Å²) in [5.41, 5.74) is 0. The van der Waals surface area contributed by atoms with Gasteiger partial charge in [-0.2, -0.15) is 0 Å². The van der Waals surface area contributed by atoms with Crippen molar-refractivity contribution in [1.82, 2.24) is 10.6 Å². The van der Waals surface area contributed by atoms with E-state index < -0.39 is 0 Å².